The Morgan fingerprint density at radius 1 is 1.50 bits per heavy atom. The van der Waals surface area contributed by atoms with E-state index in [0.717, 1.165) is 13.0 Å². The second kappa shape index (κ2) is 13.1. The smallest absolute Gasteiger partial charge is 0.00546 e. The fraction of sp³-hybridized carbons (Fsp3) is 0.636. The number of rotatable bonds is 4. The molecule has 0 amide bonds. The molecule has 0 atom stereocenters. The lowest BCUT2D eigenvalue weighted by Crippen LogP contribution is -2.04. The zero-order chi connectivity index (χ0) is 9.82. The van der Waals surface area contributed by atoms with Gasteiger partial charge in [0.2, 0.25) is 0 Å². The van der Waals surface area contributed by atoms with Crippen LogP contribution in [0.4, 0.5) is 0 Å². The molecule has 0 saturated heterocycles. The van der Waals surface area contributed by atoms with Crippen LogP contribution >= 0.6 is 0 Å². The third-order valence-electron chi connectivity index (χ3n) is 1.46. The van der Waals surface area contributed by atoms with Gasteiger partial charge in [0.25, 0.3) is 0 Å². The minimum Gasteiger partial charge on any atom is -0.320 e. The molecule has 12 heavy (non-hydrogen) atoms. The Labute approximate surface area is 77.6 Å². The number of hydrogen-bond donors (Lipinski definition) is 1. The van der Waals surface area contributed by atoms with Gasteiger partial charge in [-0.05, 0) is 40.3 Å². The van der Waals surface area contributed by atoms with Crippen molar-refractivity contribution in [1.82, 2.24) is 5.32 Å². The van der Waals surface area contributed by atoms with Crippen molar-refractivity contribution in [2.45, 2.75) is 33.6 Å². The van der Waals surface area contributed by atoms with Crippen molar-refractivity contribution >= 4 is 0 Å². The van der Waals surface area contributed by atoms with Crippen LogP contribution in [0.2, 0.25) is 0 Å². The highest BCUT2D eigenvalue weighted by Crippen LogP contribution is 1.96. The monoisotopic (exact) mass is 169 g/mol. The summed E-state index contributed by atoms with van der Waals surface area (Å²) in [5.41, 5.74) is 1.38. The molecule has 0 aliphatic heterocycles. The van der Waals surface area contributed by atoms with Gasteiger partial charge in [0, 0.05) is 0 Å². The topological polar surface area (TPSA) is 12.0 Å². The van der Waals surface area contributed by atoms with E-state index in [9.17, 15) is 0 Å². The molecule has 0 spiro atoms. The van der Waals surface area contributed by atoms with Crippen molar-refractivity contribution in [3.8, 4) is 0 Å². The first-order valence-electron chi connectivity index (χ1n) is 4.60. The van der Waals surface area contributed by atoms with E-state index in [1.54, 1.807) is 0 Å². The van der Waals surface area contributed by atoms with Crippen molar-refractivity contribution in [3.05, 3.63) is 24.3 Å². The maximum absolute atomic E-state index is 3.61. The zero-order valence-corrected chi connectivity index (χ0v) is 8.98. The first kappa shape index (κ1) is 14.0. The maximum atomic E-state index is 3.61. The number of allylic oxidation sites excluding steroid dienone is 3. The fourth-order valence-electron chi connectivity index (χ4n) is 0.596. The van der Waals surface area contributed by atoms with E-state index in [-0.39, 0.29) is 0 Å². The molecule has 0 aromatic heterocycles. The van der Waals surface area contributed by atoms with Gasteiger partial charge in [0.15, 0.2) is 0 Å². The van der Waals surface area contributed by atoms with Crippen LogP contribution in [0.3, 0.4) is 0 Å². The summed E-state index contributed by atoms with van der Waals surface area (Å²) in [6.45, 7) is 11.0. The molecule has 0 bridgehead atoms. The molecule has 1 N–H and O–H groups in total. The third-order valence-corrected chi connectivity index (χ3v) is 1.46. The third kappa shape index (κ3) is 16.2. The SMILES string of the molecule is C=CC/C(C)=C\C.CCCNC. The molecule has 0 aromatic rings. The standard InChI is InChI=1S/C7H12.C4H11N/c1-4-6-7(3)5-2;1-3-4-5-2/h4-5H,1,6H2,2-3H3;5H,3-4H2,1-2H3/b7-5-;. The summed E-state index contributed by atoms with van der Waals surface area (Å²) >= 11 is 0. The molecular formula is C11H23N. The highest BCUT2D eigenvalue weighted by molar-refractivity contribution is 5.00. The fourth-order valence-corrected chi connectivity index (χ4v) is 0.596. The van der Waals surface area contributed by atoms with Gasteiger partial charge in [-0.25, -0.2) is 0 Å². The lowest BCUT2D eigenvalue weighted by molar-refractivity contribution is 0.772. The molecule has 0 aliphatic carbocycles. The highest BCUT2D eigenvalue weighted by atomic mass is 14.8. The second-order valence-corrected chi connectivity index (χ2v) is 2.73. The summed E-state index contributed by atoms with van der Waals surface area (Å²) < 4.78 is 0. The van der Waals surface area contributed by atoms with E-state index in [2.05, 4.69) is 31.8 Å². The Morgan fingerprint density at radius 3 is 2.17 bits per heavy atom. The molecule has 72 valence electrons. The summed E-state index contributed by atoms with van der Waals surface area (Å²) in [6.07, 6.45) is 6.27. The van der Waals surface area contributed by atoms with Crippen molar-refractivity contribution in [3.63, 3.8) is 0 Å². The molecule has 0 radical (unpaired) electrons. The second-order valence-electron chi connectivity index (χ2n) is 2.73. The van der Waals surface area contributed by atoms with Gasteiger partial charge in [-0.3, -0.25) is 0 Å². The Bertz CT molecular complexity index is 112. The first-order chi connectivity index (χ1) is 5.72. The molecule has 0 unspecified atom stereocenters. The molecule has 0 rings (SSSR count). The molecule has 0 saturated carbocycles. The van der Waals surface area contributed by atoms with Crippen LogP contribution in [0.1, 0.15) is 33.6 Å². The Hall–Kier alpha value is -0.560. The van der Waals surface area contributed by atoms with Gasteiger partial charge in [0.1, 0.15) is 0 Å². The minimum absolute atomic E-state index is 1.02. The molecular weight excluding hydrogens is 146 g/mol. The summed E-state index contributed by atoms with van der Waals surface area (Å²) in [7, 11) is 1.96. The van der Waals surface area contributed by atoms with Crippen molar-refractivity contribution < 1.29 is 0 Å². The predicted molar refractivity (Wildman–Crippen MR) is 58.5 cm³/mol. The van der Waals surface area contributed by atoms with E-state index in [1.165, 1.54) is 12.0 Å². The maximum Gasteiger partial charge on any atom is -0.00546 e. The Morgan fingerprint density at radius 2 is 2.08 bits per heavy atom. The van der Waals surface area contributed by atoms with Crippen LogP contribution in [0.25, 0.3) is 0 Å². The summed E-state index contributed by atoms with van der Waals surface area (Å²) in [4.78, 5) is 0. The van der Waals surface area contributed by atoms with Crippen LogP contribution < -0.4 is 5.32 Å². The van der Waals surface area contributed by atoms with E-state index >= 15 is 0 Å². The molecule has 1 nitrogen and oxygen atoms in total. The van der Waals surface area contributed by atoms with Gasteiger partial charge in [0.05, 0.1) is 0 Å². The average Bonchev–Trinajstić information content (AvgIpc) is 2.07. The van der Waals surface area contributed by atoms with Gasteiger partial charge in [-0.15, -0.1) is 6.58 Å². The van der Waals surface area contributed by atoms with Gasteiger partial charge < -0.3 is 5.32 Å². The lowest BCUT2D eigenvalue weighted by atomic mass is 10.2. The molecule has 1 heteroatoms. The normalized spacial score (nSPS) is 10.2. The largest absolute Gasteiger partial charge is 0.320 e. The molecule has 0 aromatic carbocycles. The number of hydrogen-bond acceptors (Lipinski definition) is 1. The number of nitrogens with one attached hydrogen (secondary N) is 1. The quantitative estimate of drug-likeness (QED) is 0.637. The Balaban J connectivity index is 0. The van der Waals surface area contributed by atoms with Crippen LogP contribution in [-0.4, -0.2) is 13.6 Å². The molecule has 0 heterocycles. The predicted octanol–water partition coefficient (Wildman–Crippen LogP) is 3.14. The molecule has 0 aliphatic rings. The van der Waals surface area contributed by atoms with Gasteiger partial charge in [-0.2, -0.15) is 0 Å². The van der Waals surface area contributed by atoms with E-state index in [0.29, 0.717) is 0 Å². The van der Waals surface area contributed by atoms with E-state index in [4.69, 9.17) is 0 Å². The summed E-state index contributed by atoms with van der Waals surface area (Å²) in [5.74, 6) is 0. The Kier molecular flexibility index (Phi) is 15.2. The van der Waals surface area contributed by atoms with Crippen LogP contribution in [0.5, 0.6) is 0 Å². The van der Waals surface area contributed by atoms with E-state index in [1.807, 2.05) is 20.0 Å². The molecule has 0 fully saturated rings. The van der Waals surface area contributed by atoms with Crippen molar-refractivity contribution in [1.29, 1.82) is 0 Å². The minimum atomic E-state index is 1.02. The average molecular weight is 169 g/mol. The summed E-state index contributed by atoms with van der Waals surface area (Å²) in [6, 6.07) is 0. The van der Waals surface area contributed by atoms with Crippen LogP contribution in [-0.2, 0) is 0 Å². The van der Waals surface area contributed by atoms with Crippen LogP contribution in [0.15, 0.2) is 24.3 Å². The van der Waals surface area contributed by atoms with E-state index < -0.39 is 0 Å². The highest BCUT2D eigenvalue weighted by Gasteiger charge is 1.76. The van der Waals surface area contributed by atoms with Crippen molar-refractivity contribution in [2.75, 3.05) is 13.6 Å². The first-order valence-corrected chi connectivity index (χ1v) is 4.60. The van der Waals surface area contributed by atoms with Crippen LogP contribution in [0, 0.1) is 0 Å². The summed E-state index contributed by atoms with van der Waals surface area (Å²) in [5, 5.41) is 3.02. The lowest BCUT2D eigenvalue weighted by Gasteiger charge is -1.87. The van der Waals surface area contributed by atoms with Crippen molar-refractivity contribution in [2.24, 2.45) is 0 Å². The zero-order valence-electron chi connectivity index (χ0n) is 8.98. The van der Waals surface area contributed by atoms with Gasteiger partial charge >= 0.3 is 0 Å². The van der Waals surface area contributed by atoms with Gasteiger partial charge in [-0.1, -0.05) is 24.6 Å².